The van der Waals surface area contributed by atoms with E-state index in [0.29, 0.717) is 17.5 Å². The number of aromatic nitrogens is 4. The number of rotatable bonds is 8. The van der Waals surface area contributed by atoms with Crippen LogP contribution in [0, 0.1) is 0 Å². The van der Waals surface area contributed by atoms with Gasteiger partial charge in [0.1, 0.15) is 11.2 Å². The van der Waals surface area contributed by atoms with E-state index in [1.807, 2.05) is 24.3 Å². The molecule has 3 aromatic heterocycles. The van der Waals surface area contributed by atoms with Gasteiger partial charge >= 0.3 is 0 Å². The lowest BCUT2D eigenvalue weighted by molar-refractivity contribution is 0.669. The van der Waals surface area contributed by atoms with Crippen LogP contribution in [-0.2, 0) is 0 Å². The first-order valence-corrected chi connectivity index (χ1v) is 23.2. The Kier molecular flexibility index (Phi) is 9.76. The van der Waals surface area contributed by atoms with Crippen LogP contribution in [0.25, 0.3) is 134 Å². The minimum atomic E-state index is 0.599. The fourth-order valence-corrected chi connectivity index (χ4v) is 9.79. The maximum atomic E-state index is 6.62. The van der Waals surface area contributed by atoms with Crippen LogP contribution in [-0.4, -0.2) is 19.9 Å². The molecule has 0 fully saturated rings. The molecule has 0 spiro atoms. The van der Waals surface area contributed by atoms with E-state index in [1.165, 1.54) is 0 Å². The molecule has 13 aromatic rings. The number of para-hydroxylation sites is 2. The lowest BCUT2D eigenvalue weighted by Crippen LogP contribution is -2.00. The van der Waals surface area contributed by atoms with E-state index in [-0.39, 0.29) is 0 Å². The van der Waals surface area contributed by atoms with Crippen LogP contribution in [0.2, 0.25) is 0 Å². The Hall–Kier alpha value is -9.32. The van der Waals surface area contributed by atoms with Gasteiger partial charge < -0.3 is 4.42 Å². The summed E-state index contributed by atoms with van der Waals surface area (Å²) in [7, 11) is 0. The predicted octanol–water partition coefficient (Wildman–Crippen LogP) is 16.8. The van der Waals surface area contributed by atoms with Crippen molar-refractivity contribution in [1.29, 1.82) is 0 Å². The Morgan fingerprint density at radius 2 is 0.667 bits per heavy atom. The van der Waals surface area contributed by atoms with Gasteiger partial charge in [-0.3, -0.25) is 0 Å². The van der Waals surface area contributed by atoms with Gasteiger partial charge in [-0.1, -0.05) is 206 Å². The van der Waals surface area contributed by atoms with Gasteiger partial charge in [0.2, 0.25) is 0 Å². The summed E-state index contributed by atoms with van der Waals surface area (Å²) in [6.45, 7) is 0. The maximum absolute atomic E-state index is 6.62. The van der Waals surface area contributed by atoms with Gasteiger partial charge in [0.05, 0.1) is 11.2 Å². The van der Waals surface area contributed by atoms with Crippen molar-refractivity contribution in [2.24, 2.45) is 0 Å². The molecule has 0 saturated heterocycles. The minimum Gasteiger partial charge on any atom is -0.456 e. The molecule has 5 heteroatoms. The molecule has 0 unspecified atom stereocenters. The zero-order valence-corrected chi connectivity index (χ0v) is 37.3. The summed E-state index contributed by atoms with van der Waals surface area (Å²) in [6.07, 6.45) is 0. The Balaban J connectivity index is 0.927. The monoisotopic (exact) mass is 880 g/mol. The fraction of sp³-hybridized carbons (Fsp3) is 0. The zero-order valence-electron chi connectivity index (χ0n) is 37.3. The number of hydrogen-bond acceptors (Lipinski definition) is 5. The van der Waals surface area contributed by atoms with Gasteiger partial charge in [-0.25, -0.2) is 19.9 Å². The van der Waals surface area contributed by atoms with E-state index >= 15 is 0 Å². The first-order valence-electron chi connectivity index (χ1n) is 23.2. The molecule has 0 bridgehead atoms. The molecule has 0 amide bonds. The van der Waals surface area contributed by atoms with Crippen molar-refractivity contribution in [2.75, 3.05) is 0 Å². The third-order valence-corrected chi connectivity index (χ3v) is 13.1. The van der Waals surface area contributed by atoms with Crippen molar-refractivity contribution >= 4 is 43.6 Å². The Labute approximate surface area is 398 Å². The minimum absolute atomic E-state index is 0.599. The van der Waals surface area contributed by atoms with Crippen molar-refractivity contribution < 1.29 is 4.42 Å². The van der Waals surface area contributed by atoms with E-state index in [9.17, 15) is 0 Å². The number of benzene rings is 10. The smallest absolute Gasteiger partial charge is 0.164 e. The number of nitrogens with zero attached hydrogens (tertiary/aromatic N) is 4. The van der Waals surface area contributed by atoms with Crippen molar-refractivity contribution in [3.8, 4) is 89.9 Å². The number of pyridine rings is 1. The Morgan fingerprint density at radius 1 is 0.246 bits per heavy atom. The summed E-state index contributed by atoms with van der Waals surface area (Å²) < 4.78 is 6.62. The summed E-state index contributed by atoms with van der Waals surface area (Å²) in [6, 6.07) is 84.5. The summed E-state index contributed by atoms with van der Waals surface area (Å²) in [5, 5.41) is 5.52. The van der Waals surface area contributed by atoms with Gasteiger partial charge in [-0.2, -0.15) is 0 Å². The molecule has 5 nitrogen and oxygen atoms in total. The normalized spacial score (nSPS) is 11.5. The van der Waals surface area contributed by atoms with Gasteiger partial charge in [-0.15, -0.1) is 0 Å². The van der Waals surface area contributed by atoms with E-state index in [0.717, 1.165) is 116 Å². The molecule has 69 heavy (non-hydrogen) atoms. The van der Waals surface area contributed by atoms with Crippen molar-refractivity contribution in [1.82, 2.24) is 19.9 Å². The highest BCUT2D eigenvalue weighted by Gasteiger charge is 2.22. The second-order valence-corrected chi connectivity index (χ2v) is 17.3. The van der Waals surface area contributed by atoms with E-state index in [1.54, 1.807) is 0 Å². The SMILES string of the molecule is c1ccc(-c2cccc(-c3nc(-c4cccc(-c5ccccc5)c4)nc(-c4cccc(-c5ccc(-c6nc7ccccc7c7c(-c8ccccc8)c8c(cc67)oc6ccccc68)cc5)c4)n3)c2)cc1. The molecule has 0 radical (unpaired) electrons. The summed E-state index contributed by atoms with van der Waals surface area (Å²) in [4.78, 5) is 20.9. The van der Waals surface area contributed by atoms with E-state index in [4.69, 9.17) is 24.4 Å². The van der Waals surface area contributed by atoms with Gasteiger partial charge in [0.15, 0.2) is 17.5 Å². The average Bonchev–Trinajstić information content (AvgIpc) is 3.81. The van der Waals surface area contributed by atoms with Crippen LogP contribution in [0.3, 0.4) is 0 Å². The molecule has 0 N–H and O–H groups in total. The van der Waals surface area contributed by atoms with Crippen LogP contribution in [0.1, 0.15) is 0 Å². The molecule has 0 atom stereocenters. The highest BCUT2D eigenvalue weighted by atomic mass is 16.3. The first kappa shape index (κ1) is 40.0. The van der Waals surface area contributed by atoms with Crippen LogP contribution >= 0.6 is 0 Å². The standard InChI is InChI=1S/C64H40N4O/c1-4-17-41(18-5-1)46-23-14-26-49(37-46)62-66-63(50-27-15-24-47(38-50)42-19-6-2-7-20-42)68-64(67-62)51-28-16-25-48(39-51)43-33-35-45(36-34-43)61-54-40-57-60(53-30-11-13-32-56(53)69-57)58(44-21-8-3-9-22-44)59(54)52-29-10-12-31-55(52)65-61/h1-40H. The second-order valence-electron chi connectivity index (χ2n) is 17.3. The molecule has 0 aliphatic heterocycles. The van der Waals surface area contributed by atoms with Crippen molar-refractivity contribution in [3.05, 3.63) is 243 Å². The molecule has 0 aliphatic rings. The summed E-state index contributed by atoms with van der Waals surface area (Å²) in [5.41, 5.74) is 16.1. The van der Waals surface area contributed by atoms with Gasteiger partial charge in [-0.05, 0) is 75.3 Å². The molecule has 0 aliphatic carbocycles. The molecule has 3 heterocycles. The lowest BCUT2D eigenvalue weighted by Gasteiger charge is -2.16. The van der Waals surface area contributed by atoms with E-state index < -0.39 is 0 Å². The highest BCUT2D eigenvalue weighted by Crippen LogP contribution is 2.46. The number of fused-ring (bicyclic) bond motifs is 6. The molecule has 10 aromatic carbocycles. The Morgan fingerprint density at radius 3 is 1.22 bits per heavy atom. The fourth-order valence-electron chi connectivity index (χ4n) is 9.79. The molecular formula is C64H40N4O. The summed E-state index contributed by atoms with van der Waals surface area (Å²) >= 11 is 0. The third-order valence-electron chi connectivity index (χ3n) is 13.1. The molecule has 322 valence electrons. The van der Waals surface area contributed by atoms with Crippen LogP contribution in [0.15, 0.2) is 247 Å². The molecule has 13 rings (SSSR count). The topological polar surface area (TPSA) is 64.7 Å². The zero-order chi connectivity index (χ0) is 45.7. The van der Waals surface area contributed by atoms with Crippen LogP contribution in [0.4, 0.5) is 0 Å². The van der Waals surface area contributed by atoms with Crippen molar-refractivity contribution in [3.63, 3.8) is 0 Å². The van der Waals surface area contributed by atoms with Crippen LogP contribution in [0.5, 0.6) is 0 Å². The number of furan rings is 1. The van der Waals surface area contributed by atoms with Gasteiger partial charge in [0, 0.05) is 54.7 Å². The van der Waals surface area contributed by atoms with Gasteiger partial charge in [0.25, 0.3) is 0 Å². The first-order chi connectivity index (χ1) is 34.2. The highest BCUT2D eigenvalue weighted by molar-refractivity contribution is 6.27. The third kappa shape index (κ3) is 7.30. The van der Waals surface area contributed by atoms with Crippen molar-refractivity contribution in [2.45, 2.75) is 0 Å². The predicted molar refractivity (Wildman–Crippen MR) is 283 cm³/mol. The molecule has 0 saturated carbocycles. The number of hydrogen-bond donors (Lipinski definition) is 0. The average molecular weight is 881 g/mol. The largest absolute Gasteiger partial charge is 0.456 e. The maximum Gasteiger partial charge on any atom is 0.164 e. The molecular weight excluding hydrogens is 841 g/mol. The Bertz CT molecular complexity index is 3950. The quantitative estimate of drug-likeness (QED) is 0.142. The second kappa shape index (κ2) is 16.8. The van der Waals surface area contributed by atoms with Crippen LogP contribution < -0.4 is 0 Å². The lowest BCUT2D eigenvalue weighted by atomic mass is 9.89. The summed E-state index contributed by atoms with van der Waals surface area (Å²) in [5.74, 6) is 1.82. The van der Waals surface area contributed by atoms with E-state index in [2.05, 4.69) is 218 Å².